The smallest absolute Gasteiger partial charge is 0.371 e. The van der Waals surface area contributed by atoms with Gasteiger partial charge in [-0.25, -0.2) is 9.78 Å². The summed E-state index contributed by atoms with van der Waals surface area (Å²) < 4.78 is 6.93. The van der Waals surface area contributed by atoms with E-state index in [4.69, 9.17) is 9.52 Å². The molecule has 5 heteroatoms. The number of imidazole rings is 1. The molecule has 2 aromatic heterocycles. The van der Waals surface area contributed by atoms with Crippen LogP contribution in [0.1, 0.15) is 10.6 Å². The average Bonchev–Trinajstić information content (AvgIpc) is 2.95. The molecule has 0 amide bonds. The van der Waals surface area contributed by atoms with Crippen molar-refractivity contribution in [3.63, 3.8) is 0 Å². The number of carboxylic acids is 1. The maximum Gasteiger partial charge on any atom is 0.371 e. The number of rotatable bonds is 2. The molecule has 0 aliphatic heterocycles. The molecule has 0 bridgehead atoms. The molecule has 0 fully saturated rings. The fourth-order valence-corrected chi connectivity index (χ4v) is 1.71. The van der Waals surface area contributed by atoms with Gasteiger partial charge in [-0.1, -0.05) is 12.1 Å². The van der Waals surface area contributed by atoms with Crippen molar-refractivity contribution in [1.82, 2.24) is 9.55 Å². The predicted octanol–water partition coefficient (Wildman–Crippen LogP) is 2.32. The Hall–Kier alpha value is -2.56. The summed E-state index contributed by atoms with van der Waals surface area (Å²) in [4.78, 5) is 14.9. The van der Waals surface area contributed by atoms with Gasteiger partial charge in [0.1, 0.15) is 6.33 Å². The van der Waals surface area contributed by atoms with Crippen molar-refractivity contribution in [2.75, 3.05) is 0 Å². The summed E-state index contributed by atoms with van der Waals surface area (Å²) in [5.41, 5.74) is 1.71. The van der Waals surface area contributed by atoms with Crippen LogP contribution in [0, 0.1) is 0 Å². The van der Waals surface area contributed by atoms with E-state index in [0.29, 0.717) is 5.88 Å². The molecule has 0 saturated carbocycles. The van der Waals surface area contributed by atoms with Crippen molar-refractivity contribution in [2.45, 2.75) is 0 Å². The number of hydrogen-bond donors (Lipinski definition) is 1. The van der Waals surface area contributed by atoms with E-state index < -0.39 is 5.97 Å². The maximum absolute atomic E-state index is 10.7. The monoisotopic (exact) mass is 228 g/mol. The van der Waals surface area contributed by atoms with Gasteiger partial charge in [-0.15, -0.1) is 0 Å². The van der Waals surface area contributed by atoms with E-state index in [1.54, 1.807) is 17.0 Å². The lowest BCUT2D eigenvalue weighted by Crippen LogP contribution is -1.93. The minimum Gasteiger partial charge on any atom is -0.475 e. The number of fused-ring (bicyclic) bond motifs is 1. The molecule has 3 aromatic rings. The van der Waals surface area contributed by atoms with Gasteiger partial charge < -0.3 is 9.52 Å². The second-order valence-corrected chi connectivity index (χ2v) is 3.55. The Bertz CT molecular complexity index is 696. The van der Waals surface area contributed by atoms with E-state index in [0.717, 1.165) is 11.0 Å². The number of furan rings is 1. The zero-order chi connectivity index (χ0) is 11.8. The van der Waals surface area contributed by atoms with Gasteiger partial charge in [0, 0.05) is 6.07 Å². The van der Waals surface area contributed by atoms with E-state index in [-0.39, 0.29) is 5.76 Å². The Morgan fingerprint density at radius 3 is 2.82 bits per heavy atom. The molecule has 5 nitrogen and oxygen atoms in total. The lowest BCUT2D eigenvalue weighted by Gasteiger charge is -1.98. The minimum atomic E-state index is -1.08. The van der Waals surface area contributed by atoms with E-state index in [2.05, 4.69) is 4.98 Å². The van der Waals surface area contributed by atoms with E-state index >= 15 is 0 Å². The first-order valence-electron chi connectivity index (χ1n) is 5.01. The van der Waals surface area contributed by atoms with Gasteiger partial charge in [-0.3, -0.25) is 4.57 Å². The van der Waals surface area contributed by atoms with Gasteiger partial charge in [0.15, 0.2) is 0 Å². The molecular formula is C12H8N2O3. The fourth-order valence-electron chi connectivity index (χ4n) is 1.71. The highest BCUT2D eigenvalue weighted by Gasteiger charge is 2.11. The SMILES string of the molecule is O=C(O)c1ccc(-n2cnc3ccccc32)o1. The van der Waals surface area contributed by atoms with E-state index in [1.807, 2.05) is 24.3 Å². The third-order valence-corrected chi connectivity index (χ3v) is 2.49. The van der Waals surface area contributed by atoms with Gasteiger partial charge in [0.2, 0.25) is 11.6 Å². The highest BCUT2D eigenvalue weighted by Crippen LogP contribution is 2.19. The van der Waals surface area contributed by atoms with Crippen LogP contribution < -0.4 is 0 Å². The molecule has 0 radical (unpaired) electrons. The van der Waals surface area contributed by atoms with Crippen molar-refractivity contribution < 1.29 is 14.3 Å². The van der Waals surface area contributed by atoms with Crippen LogP contribution in [0.3, 0.4) is 0 Å². The number of hydrogen-bond acceptors (Lipinski definition) is 3. The molecule has 1 N–H and O–H groups in total. The first-order valence-corrected chi connectivity index (χ1v) is 5.01. The van der Waals surface area contributed by atoms with Crippen LogP contribution >= 0.6 is 0 Å². The minimum absolute atomic E-state index is 0.0854. The molecule has 0 spiro atoms. The van der Waals surface area contributed by atoms with Crippen LogP contribution in [-0.4, -0.2) is 20.6 Å². The predicted molar refractivity (Wildman–Crippen MR) is 60.3 cm³/mol. The number of carboxylic acid groups (broad SMARTS) is 1. The molecule has 1 aromatic carbocycles. The molecule has 84 valence electrons. The van der Waals surface area contributed by atoms with Crippen molar-refractivity contribution in [3.8, 4) is 5.88 Å². The Labute approximate surface area is 95.9 Å². The van der Waals surface area contributed by atoms with Crippen molar-refractivity contribution in [2.24, 2.45) is 0 Å². The van der Waals surface area contributed by atoms with Crippen LogP contribution in [0.4, 0.5) is 0 Å². The first-order chi connectivity index (χ1) is 8.25. The molecule has 0 aliphatic carbocycles. The van der Waals surface area contributed by atoms with E-state index in [1.165, 1.54) is 6.07 Å². The summed E-state index contributed by atoms with van der Waals surface area (Å²) in [6, 6.07) is 10.6. The summed E-state index contributed by atoms with van der Waals surface area (Å²) in [7, 11) is 0. The molecule has 2 heterocycles. The second kappa shape index (κ2) is 3.48. The maximum atomic E-state index is 10.7. The van der Waals surface area contributed by atoms with Crippen LogP contribution in [0.15, 0.2) is 47.1 Å². The third-order valence-electron chi connectivity index (χ3n) is 2.49. The highest BCUT2D eigenvalue weighted by atomic mass is 16.4. The van der Waals surface area contributed by atoms with Crippen molar-refractivity contribution in [1.29, 1.82) is 0 Å². The summed E-state index contributed by atoms with van der Waals surface area (Å²) in [6.07, 6.45) is 1.61. The van der Waals surface area contributed by atoms with Crippen LogP contribution in [0.25, 0.3) is 16.9 Å². The molecular weight excluding hydrogens is 220 g/mol. The largest absolute Gasteiger partial charge is 0.475 e. The number of aromatic nitrogens is 2. The third kappa shape index (κ3) is 1.48. The van der Waals surface area contributed by atoms with E-state index in [9.17, 15) is 4.79 Å². The lowest BCUT2D eigenvalue weighted by molar-refractivity contribution is 0.0662. The van der Waals surface area contributed by atoms with Gasteiger partial charge >= 0.3 is 5.97 Å². The Morgan fingerprint density at radius 2 is 2.06 bits per heavy atom. The summed E-state index contributed by atoms with van der Waals surface area (Å²) >= 11 is 0. The van der Waals surface area contributed by atoms with Crippen molar-refractivity contribution >= 4 is 17.0 Å². The average molecular weight is 228 g/mol. The van der Waals surface area contributed by atoms with Crippen molar-refractivity contribution in [3.05, 3.63) is 48.5 Å². The molecule has 0 atom stereocenters. The summed E-state index contributed by atoms with van der Waals surface area (Å²) in [5.74, 6) is -0.727. The lowest BCUT2D eigenvalue weighted by atomic mass is 10.3. The molecule has 17 heavy (non-hydrogen) atoms. The zero-order valence-corrected chi connectivity index (χ0v) is 8.70. The Morgan fingerprint density at radius 1 is 1.24 bits per heavy atom. The highest BCUT2D eigenvalue weighted by molar-refractivity contribution is 5.84. The van der Waals surface area contributed by atoms with Gasteiger partial charge in [-0.05, 0) is 18.2 Å². The number of nitrogens with zero attached hydrogens (tertiary/aromatic N) is 2. The summed E-state index contributed by atoms with van der Waals surface area (Å²) in [6.45, 7) is 0. The zero-order valence-electron chi connectivity index (χ0n) is 8.70. The quantitative estimate of drug-likeness (QED) is 0.730. The van der Waals surface area contributed by atoms with Gasteiger partial charge in [-0.2, -0.15) is 0 Å². The van der Waals surface area contributed by atoms with Gasteiger partial charge in [0.25, 0.3) is 0 Å². The Kier molecular flexibility index (Phi) is 1.98. The number of benzene rings is 1. The molecule has 0 unspecified atom stereocenters. The van der Waals surface area contributed by atoms with Crippen LogP contribution in [0.2, 0.25) is 0 Å². The normalized spacial score (nSPS) is 10.8. The van der Waals surface area contributed by atoms with Crippen LogP contribution in [0.5, 0.6) is 0 Å². The van der Waals surface area contributed by atoms with Gasteiger partial charge in [0.05, 0.1) is 11.0 Å². The molecule has 0 aliphatic rings. The standard InChI is InChI=1S/C12H8N2O3/c15-12(16)10-5-6-11(17-10)14-7-13-8-3-1-2-4-9(8)14/h1-7H,(H,15,16). The van der Waals surface area contributed by atoms with Crippen LogP contribution in [-0.2, 0) is 0 Å². The first kappa shape index (κ1) is 9.65. The topological polar surface area (TPSA) is 68.3 Å². The molecule has 3 rings (SSSR count). The summed E-state index contributed by atoms with van der Waals surface area (Å²) in [5, 5.41) is 8.79. The Balaban J connectivity index is 2.17. The second-order valence-electron chi connectivity index (χ2n) is 3.55. The number of para-hydroxylation sites is 2. The number of carbonyl (C=O) groups is 1. The number of aromatic carboxylic acids is 1. The molecule has 0 saturated heterocycles. The fraction of sp³-hybridized carbons (Fsp3) is 0.